The number of aromatic nitrogens is 2. The van der Waals surface area contributed by atoms with Gasteiger partial charge in [0, 0.05) is 16.7 Å². The van der Waals surface area contributed by atoms with Gasteiger partial charge >= 0.3 is 0 Å². The summed E-state index contributed by atoms with van der Waals surface area (Å²) in [7, 11) is 0. The van der Waals surface area contributed by atoms with Crippen LogP contribution in [-0.4, -0.2) is 16.3 Å². The van der Waals surface area contributed by atoms with Crippen molar-refractivity contribution >= 4 is 15.9 Å². The van der Waals surface area contributed by atoms with Crippen LogP contribution in [0.2, 0.25) is 0 Å². The summed E-state index contributed by atoms with van der Waals surface area (Å²) in [5.41, 5.74) is 3.38. The van der Waals surface area contributed by atoms with Crippen LogP contribution in [0.3, 0.4) is 0 Å². The van der Waals surface area contributed by atoms with Gasteiger partial charge in [0.2, 0.25) is 0 Å². The van der Waals surface area contributed by atoms with Crippen molar-refractivity contribution in [2.24, 2.45) is 0 Å². The van der Waals surface area contributed by atoms with Gasteiger partial charge in [0.25, 0.3) is 0 Å². The Labute approximate surface area is 123 Å². The maximum atomic E-state index is 4.44. The highest BCUT2D eigenvalue weighted by atomic mass is 79.9. The van der Waals surface area contributed by atoms with Gasteiger partial charge < -0.3 is 5.32 Å². The average Bonchev–Trinajstić information content (AvgIpc) is 2.82. The van der Waals surface area contributed by atoms with Gasteiger partial charge in [-0.15, -0.1) is 0 Å². The average molecular weight is 322 g/mol. The van der Waals surface area contributed by atoms with E-state index in [1.807, 2.05) is 23.9 Å². The first-order chi connectivity index (χ1) is 9.11. The second-order valence-electron chi connectivity index (χ2n) is 4.79. The van der Waals surface area contributed by atoms with Gasteiger partial charge in [-0.25, -0.2) is 4.68 Å². The Bertz CT molecular complexity index is 548. The van der Waals surface area contributed by atoms with Crippen LogP contribution < -0.4 is 5.32 Å². The van der Waals surface area contributed by atoms with E-state index in [4.69, 9.17) is 0 Å². The summed E-state index contributed by atoms with van der Waals surface area (Å²) in [4.78, 5) is 0. The third-order valence-corrected chi connectivity index (χ3v) is 3.78. The molecule has 0 bridgehead atoms. The van der Waals surface area contributed by atoms with Gasteiger partial charge in [0.1, 0.15) is 0 Å². The lowest BCUT2D eigenvalue weighted by molar-refractivity contribution is 0.570. The molecule has 1 unspecified atom stereocenters. The Kier molecular flexibility index (Phi) is 4.77. The van der Waals surface area contributed by atoms with Crippen LogP contribution in [-0.2, 0) is 0 Å². The van der Waals surface area contributed by atoms with Gasteiger partial charge in [-0.05, 0) is 66.5 Å². The van der Waals surface area contributed by atoms with Crippen molar-refractivity contribution in [1.82, 2.24) is 15.1 Å². The third kappa shape index (κ3) is 3.45. The Balaban J connectivity index is 2.22. The summed E-state index contributed by atoms with van der Waals surface area (Å²) in [6.45, 7) is 7.41. The zero-order chi connectivity index (χ0) is 13.8. The fourth-order valence-corrected chi connectivity index (χ4v) is 2.58. The summed E-state index contributed by atoms with van der Waals surface area (Å²) in [6, 6.07) is 8.80. The smallest absolute Gasteiger partial charge is 0.0787 e. The van der Waals surface area contributed by atoms with Gasteiger partial charge in [-0.3, -0.25) is 0 Å². The molecule has 3 nitrogen and oxygen atoms in total. The zero-order valence-corrected chi connectivity index (χ0v) is 13.2. The summed E-state index contributed by atoms with van der Waals surface area (Å²) in [5, 5.41) is 7.93. The molecule has 0 saturated heterocycles. The SMILES string of the molecule is CCCNC(C)c1ccc(-n2ccc(C)n2)c(Br)c1. The van der Waals surface area contributed by atoms with Gasteiger partial charge in [0.15, 0.2) is 0 Å². The molecule has 0 fully saturated rings. The molecule has 0 spiro atoms. The monoisotopic (exact) mass is 321 g/mol. The first-order valence-corrected chi connectivity index (χ1v) is 7.46. The lowest BCUT2D eigenvalue weighted by Gasteiger charge is -2.15. The standard InChI is InChI=1S/C15H20BrN3/c1-4-8-17-12(3)13-5-6-15(14(16)10-13)19-9-7-11(2)18-19/h5-7,9-10,12,17H,4,8H2,1-3H3. The van der Waals surface area contributed by atoms with Gasteiger partial charge in [-0.2, -0.15) is 5.10 Å². The van der Waals surface area contributed by atoms with Crippen LogP contribution in [0.15, 0.2) is 34.9 Å². The van der Waals surface area contributed by atoms with Crippen LogP contribution in [0.4, 0.5) is 0 Å². The first kappa shape index (κ1) is 14.3. The fraction of sp³-hybridized carbons (Fsp3) is 0.400. The topological polar surface area (TPSA) is 29.9 Å². The van der Waals surface area contributed by atoms with E-state index in [9.17, 15) is 0 Å². The molecule has 0 amide bonds. The van der Waals surface area contributed by atoms with Crippen molar-refractivity contribution in [3.05, 3.63) is 46.2 Å². The van der Waals surface area contributed by atoms with E-state index in [0.717, 1.165) is 28.8 Å². The highest BCUT2D eigenvalue weighted by Gasteiger charge is 2.09. The lowest BCUT2D eigenvalue weighted by atomic mass is 10.1. The van der Waals surface area contributed by atoms with E-state index >= 15 is 0 Å². The molecule has 4 heteroatoms. The van der Waals surface area contributed by atoms with Crippen LogP contribution in [0, 0.1) is 6.92 Å². The minimum atomic E-state index is 0.365. The molecule has 2 aromatic rings. The summed E-state index contributed by atoms with van der Waals surface area (Å²) < 4.78 is 2.96. The summed E-state index contributed by atoms with van der Waals surface area (Å²) in [5.74, 6) is 0. The third-order valence-electron chi connectivity index (χ3n) is 3.14. The summed E-state index contributed by atoms with van der Waals surface area (Å²) >= 11 is 3.64. The number of nitrogens with one attached hydrogen (secondary N) is 1. The quantitative estimate of drug-likeness (QED) is 0.901. The van der Waals surface area contributed by atoms with Crippen molar-refractivity contribution in [2.45, 2.75) is 33.2 Å². The number of benzene rings is 1. The van der Waals surface area contributed by atoms with Gasteiger partial charge in [0.05, 0.1) is 11.4 Å². The normalized spacial score (nSPS) is 12.6. The van der Waals surface area contributed by atoms with E-state index in [-0.39, 0.29) is 0 Å². The molecular weight excluding hydrogens is 302 g/mol. The zero-order valence-electron chi connectivity index (χ0n) is 11.7. The molecule has 19 heavy (non-hydrogen) atoms. The largest absolute Gasteiger partial charge is 0.310 e. The Morgan fingerprint density at radius 1 is 1.37 bits per heavy atom. The number of halogens is 1. The van der Waals surface area contributed by atoms with Crippen LogP contribution in [0.5, 0.6) is 0 Å². The van der Waals surface area contributed by atoms with Crippen LogP contribution in [0.25, 0.3) is 5.69 Å². The summed E-state index contributed by atoms with van der Waals surface area (Å²) in [6.07, 6.45) is 3.13. The molecule has 0 aliphatic carbocycles. The highest BCUT2D eigenvalue weighted by molar-refractivity contribution is 9.10. The second kappa shape index (κ2) is 6.35. The molecule has 0 aliphatic heterocycles. The van der Waals surface area contributed by atoms with Crippen molar-refractivity contribution < 1.29 is 0 Å². The number of aryl methyl sites for hydroxylation is 1. The lowest BCUT2D eigenvalue weighted by Crippen LogP contribution is -2.19. The van der Waals surface area contributed by atoms with E-state index < -0.39 is 0 Å². The van der Waals surface area contributed by atoms with Crippen molar-refractivity contribution in [1.29, 1.82) is 0 Å². The molecule has 1 N–H and O–H groups in total. The van der Waals surface area contributed by atoms with E-state index in [1.54, 1.807) is 0 Å². The number of rotatable bonds is 5. The highest BCUT2D eigenvalue weighted by Crippen LogP contribution is 2.25. The Hall–Kier alpha value is -1.13. The maximum absolute atomic E-state index is 4.44. The van der Waals surface area contributed by atoms with E-state index in [1.165, 1.54) is 5.56 Å². The Morgan fingerprint density at radius 3 is 2.74 bits per heavy atom. The van der Waals surface area contributed by atoms with E-state index in [2.05, 4.69) is 58.4 Å². The molecule has 2 rings (SSSR count). The minimum Gasteiger partial charge on any atom is -0.310 e. The molecule has 1 aromatic heterocycles. The van der Waals surface area contributed by atoms with E-state index in [0.29, 0.717) is 6.04 Å². The molecule has 1 atom stereocenters. The number of nitrogens with zero attached hydrogens (tertiary/aromatic N) is 2. The predicted molar refractivity (Wildman–Crippen MR) is 82.7 cm³/mol. The predicted octanol–water partition coefficient (Wildman–Crippen LogP) is 4.00. The molecule has 102 valence electrons. The van der Waals surface area contributed by atoms with Crippen molar-refractivity contribution in [2.75, 3.05) is 6.54 Å². The van der Waals surface area contributed by atoms with Crippen molar-refractivity contribution in [3.8, 4) is 5.69 Å². The molecule has 0 radical (unpaired) electrons. The number of hydrogen-bond acceptors (Lipinski definition) is 2. The number of hydrogen-bond donors (Lipinski definition) is 1. The molecule has 1 heterocycles. The Morgan fingerprint density at radius 2 is 2.16 bits per heavy atom. The minimum absolute atomic E-state index is 0.365. The van der Waals surface area contributed by atoms with Crippen LogP contribution in [0.1, 0.15) is 37.6 Å². The molecular formula is C15H20BrN3. The van der Waals surface area contributed by atoms with Crippen molar-refractivity contribution in [3.63, 3.8) is 0 Å². The van der Waals surface area contributed by atoms with Gasteiger partial charge in [-0.1, -0.05) is 13.0 Å². The fourth-order valence-electron chi connectivity index (χ4n) is 2.01. The maximum Gasteiger partial charge on any atom is 0.0787 e. The molecule has 0 saturated carbocycles. The molecule has 1 aromatic carbocycles. The molecule has 0 aliphatic rings. The second-order valence-corrected chi connectivity index (χ2v) is 5.64. The van der Waals surface area contributed by atoms with Crippen LogP contribution >= 0.6 is 15.9 Å². The first-order valence-electron chi connectivity index (χ1n) is 6.67.